The molecule has 1 aliphatic carbocycles. The van der Waals surface area contributed by atoms with Crippen LogP contribution in [0.5, 0.6) is 0 Å². The zero-order valence-corrected chi connectivity index (χ0v) is 12.1. The van der Waals surface area contributed by atoms with Crippen molar-refractivity contribution < 1.29 is 59.3 Å². The van der Waals surface area contributed by atoms with E-state index >= 15 is 0 Å². The van der Waals surface area contributed by atoms with Crippen LogP contribution < -0.4 is 5.26 Å². The highest BCUT2D eigenvalue weighted by Gasteiger charge is 2.58. The fourth-order valence-corrected chi connectivity index (χ4v) is 2.53. The van der Waals surface area contributed by atoms with Gasteiger partial charge in [0.2, 0.25) is 0 Å². The molecule has 0 spiro atoms. The summed E-state index contributed by atoms with van der Waals surface area (Å²) in [4.78, 5) is 11.1. The molecule has 0 saturated heterocycles. The highest BCUT2D eigenvalue weighted by Crippen LogP contribution is 2.49. The molecule has 1 rings (SSSR count). The summed E-state index contributed by atoms with van der Waals surface area (Å²) in [6.07, 6.45) is -15.2. The molecule has 0 amide bonds. The van der Waals surface area contributed by atoms with Crippen LogP contribution in [0.3, 0.4) is 0 Å². The number of rotatable bonds is 5. The Hall–Kier alpha value is -0.860. The van der Waals surface area contributed by atoms with E-state index in [0.29, 0.717) is 0 Å². The zero-order chi connectivity index (χ0) is 18.8. The number of hydrogen-bond acceptors (Lipinski definition) is 6. The van der Waals surface area contributed by atoms with E-state index in [2.05, 4.69) is 14.1 Å². The van der Waals surface area contributed by atoms with Crippen molar-refractivity contribution in [3.05, 3.63) is 0 Å². The van der Waals surface area contributed by atoms with Crippen molar-refractivity contribution >= 4 is 18.0 Å². The first-order valence-corrected chi connectivity index (χ1v) is 6.90. The smallest absolute Gasteiger partial charge is 0.415 e. The van der Waals surface area contributed by atoms with Crippen molar-refractivity contribution in [2.24, 2.45) is 11.8 Å². The molecule has 142 valence electrons. The van der Waals surface area contributed by atoms with Crippen LogP contribution in [0.25, 0.3) is 0 Å². The highest BCUT2D eigenvalue weighted by molar-refractivity contribution is 7.96. The zero-order valence-electron chi connectivity index (χ0n) is 11.3. The lowest BCUT2D eigenvalue weighted by molar-refractivity contribution is -0.777. The van der Waals surface area contributed by atoms with Crippen molar-refractivity contribution in [3.63, 3.8) is 0 Å². The minimum absolute atomic E-state index is 0.678. The van der Waals surface area contributed by atoms with Crippen LogP contribution in [-0.2, 0) is 18.9 Å². The van der Waals surface area contributed by atoms with Crippen LogP contribution in [0.1, 0.15) is 19.3 Å². The Labute approximate surface area is 133 Å². The molecule has 5 nitrogen and oxygen atoms in total. The van der Waals surface area contributed by atoms with Crippen LogP contribution >= 0.6 is 12.0 Å². The molecule has 0 radical (unpaired) electrons. The summed E-state index contributed by atoms with van der Waals surface area (Å²) in [5.74, 6) is -7.95. The molecule has 0 aromatic rings. The lowest BCUT2D eigenvalue weighted by Gasteiger charge is -2.37. The first-order valence-electron chi connectivity index (χ1n) is 6.15. The fraction of sp³-hybridized carbons (Fsp3) is 0.900. The van der Waals surface area contributed by atoms with E-state index in [4.69, 9.17) is 0 Å². The number of carbonyl (C=O) groups excluding carboxylic acids is 1. The van der Waals surface area contributed by atoms with Gasteiger partial charge in [-0.3, -0.25) is 5.04 Å². The first kappa shape index (κ1) is 21.2. The maximum atomic E-state index is 13.1. The minimum atomic E-state index is -5.25. The maximum Gasteiger partial charge on any atom is 0.415 e. The minimum Gasteiger partial charge on any atom is -0.691 e. The van der Waals surface area contributed by atoms with E-state index in [1.807, 2.05) is 0 Å². The fourth-order valence-electron chi connectivity index (χ4n) is 2.30. The Balaban J connectivity index is 2.78. The molecule has 3 atom stereocenters. The second kappa shape index (κ2) is 7.58. The Bertz CT molecular complexity index is 440. The summed E-state index contributed by atoms with van der Waals surface area (Å²) < 4.78 is 110. The lowest BCUT2D eigenvalue weighted by atomic mass is 9.77. The molecule has 0 heterocycles. The molecule has 0 aromatic heterocycles. The monoisotopic (exact) mass is 393 g/mol. The highest BCUT2D eigenvalue weighted by atomic mass is 32.2. The number of hydrogen-bond donors (Lipinski definition) is 0. The summed E-state index contributed by atoms with van der Waals surface area (Å²) in [6.45, 7) is 0. The summed E-state index contributed by atoms with van der Waals surface area (Å²) in [5.41, 5.74) is 0. The van der Waals surface area contributed by atoms with Gasteiger partial charge in [-0.05, 0) is 19.3 Å². The van der Waals surface area contributed by atoms with E-state index in [9.17, 15) is 45.2 Å². The van der Waals surface area contributed by atoms with Gasteiger partial charge < -0.3 is 9.99 Å². The average molecular weight is 393 g/mol. The molecular formula is C10H9F8O5S-. The van der Waals surface area contributed by atoms with Gasteiger partial charge in [-0.25, -0.2) is 4.79 Å². The Morgan fingerprint density at radius 1 is 0.958 bits per heavy atom. The van der Waals surface area contributed by atoms with Gasteiger partial charge in [0.15, 0.2) is 0 Å². The van der Waals surface area contributed by atoms with Gasteiger partial charge in [0, 0.05) is 0 Å². The lowest BCUT2D eigenvalue weighted by Crippen LogP contribution is -2.46. The van der Waals surface area contributed by atoms with E-state index in [0.717, 1.165) is 0 Å². The summed E-state index contributed by atoms with van der Waals surface area (Å²) in [7, 11) is 0. The van der Waals surface area contributed by atoms with E-state index in [1.54, 1.807) is 0 Å². The number of ether oxygens (including phenoxy) is 1. The third-order valence-electron chi connectivity index (χ3n) is 3.32. The second-order valence-electron chi connectivity index (χ2n) is 4.87. The third-order valence-corrected chi connectivity index (χ3v) is 3.82. The molecule has 0 N–H and O–H groups in total. The first-order chi connectivity index (χ1) is 10.8. The second-order valence-corrected chi connectivity index (χ2v) is 5.69. The van der Waals surface area contributed by atoms with E-state index in [1.165, 1.54) is 0 Å². The van der Waals surface area contributed by atoms with E-state index < -0.39 is 72.8 Å². The van der Waals surface area contributed by atoms with Crippen LogP contribution in [0.4, 0.5) is 35.1 Å². The molecule has 0 aromatic carbocycles. The van der Waals surface area contributed by atoms with Gasteiger partial charge in [-0.2, -0.15) is 39.5 Å². The Morgan fingerprint density at radius 3 is 1.96 bits per heavy atom. The molecule has 0 aliphatic heterocycles. The third kappa shape index (κ3) is 5.60. The molecular weight excluding hydrogens is 384 g/mol. The Morgan fingerprint density at radius 2 is 1.50 bits per heavy atom. The van der Waals surface area contributed by atoms with Crippen molar-refractivity contribution in [1.82, 2.24) is 0 Å². The molecule has 14 heteroatoms. The van der Waals surface area contributed by atoms with E-state index in [-0.39, 0.29) is 0 Å². The maximum absolute atomic E-state index is 13.1. The predicted octanol–water partition coefficient (Wildman–Crippen LogP) is 2.90. The molecule has 24 heavy (non-hydrogen) atoms. The average Bonchev–Trinajstić information content (AvgIpc) is 2.43. The molecule has 1 fully saturated rings. The topological polar surface area (TPSA) is 67.8 Å². The SMILES string of the molecule is O=C(OC1CCC(C(F)(F)F)C(C(F)(F)F)C1)C(F)(F)SOO[O-]. The van der Waals surface area contributed by atoms with Crippen molar-refractivity contribution in [2.45, 2.75) is 43.0 Å². The van der Waals surface area contributed by atoms with Gasteiger partial charge in [0.25, 0.3) is 0 Å². The molecule has 1 aliphatic rings. The summed E-state index contributed by atoms with van der Waals surface area (Å²) in [5, 5.41) is 7.51. The largest absolute Gasteiger partial charge is 0.691 e. The quantitative estimate of drug-likeness (QED) is 0.235. The van der Waals surface area contributed by atoms with Gasteiger partial charge in [0.05, 0.1) is 11.8 Å². The van der Waals surface area contributed by atoms with Crippen LogP contribution in [-0.4, -0.2) is 29.7 Å². The molecule has 3 unspecified atom stereocenters. The van der Waals surface area contributed by atoms with Gasteiger partial charge >= 0.3 is 23.6 Å². The number of alkyl halides is 8. The Kier molecular flexibility index (Phi) is 6.69. The van der Waals surface area contributed by atoms with Crippen molar-refractivity contribution in [1.29, 1.82) is 0 Å². The van der Waals surface area contributed by atoms with Gasteiger partial charge in [-0.15, -0.1) is 0 Å². The number of esters is 1. The van der Waals surface area contributed by atoms with Crippen molar-refractivity contribution in [3.8, 4) is 0 Å². The predicted molar refractivity (Wildman–Crippen MR) is 57.5 cm³/mol. The molecule has 1 saturated carbocycles. The van der Waals surface area contributed by atoms with Gasteiger partial charge in [0.1, 0.15) is 18.1 Å². The number of carbonyl (C=O) groups is 1. The number of halogens is 8. The normalized spacial score (nSPS) is 26.3. The van der Waals surface area contributed by atoms with Crippen molar-refractivity contribution in [2.75, 3.05) is 0 Å². The summed E-state index contributed by atoms with van der Waals surface area (Å²) in [6, 6.07) is 0. The van der Waals surface area contributed by atoms with Crippen LogP contribution in [0.2, 0.25) is 0 Å². The standard InChI is InChI=1S/C10H10F8O5S/c11-8(12,13)5-2-1-4(3-6(5)9(14,15)16)21-7(19)10(17,18)24-23-22-20/h4-6,20H,1-3H2/p-1. The van der Waals surface area contributed by atoms with Gasteiger partial charge in [-0.1, -0.05) is 0 Å². The van der Waals surface area contributed by atoms with Crippen LogP contribution in [0, 0.1) is 11.8 Å². The summed E-state index contributed by atoms with van der Waals surface area (Å²) >= 11 is -1.06. The van der Waals surface area contributed by atoms with Crippen LogP contribution in [0.15, 0.2) is 0 Å². The molecule has 0 bridgehead atoms.